The summed E-state index contributed by atoms with van der Waals surface area (Å²) in [7, 11) is 0. The maximum absolute atomic E-state index is 10.9. The molecule has 104 valence electrons. The minimum absolute atomic E-state index is 0.208. The molecule has 4 nitrogen and oxygen atoms in total. The predicted octanol–water partition coefficient (Wildman–Crippen LogP) is 3.36. The highest BCUT2D eigenvalue weighted by atomic mass is 32.2. The summed E-state index contributed by atoms with van der Waals surface area (Å²) in [6.07, 6.45) is 7.26. The van der Waals surface area contributed by atoms with Gasteiger partial charge in [-0.25, -0.2) is 0 Å². The van der Waals surface area contributed by atoms with E-state index in [0.29, 0.717) is 11.3 Å². The van der Waals surface area contributed by atoms with Crippen LogP contribution < -0.4 is 5.32 Å². The van der Waals surface area contributed by atoms with Crippen LogP contribution in [0.5, 0.6) is 0 Å². The van der Waals surface area contributed by atoms with Crippen molar-refractivity contribution in [2.45, 2.75) is 37.0 Å². The van der Waals surface area contributed by atoms with Crippen LogP contribution in [0, 0.1) is 10.1 Å². The maximum atomic E-state index is 10.9. The second-order valence-electron chi connectivity index (χ2n) is 5.08. The summed E-state index contributed by atoms with van der Waals surface area (Å²) in [6, 6.07) is 6.95. The topological polar surface area (TPSA) is 55.2 Å². The zero-order valence-electron chi connectivity index (χ0n) is 11.2. The third-order valence-corrected chi connectivity index (χ3v) is 5.32. The first-order chi connectivity index (χ1) is 9.17. The van der Waals surface area contributed by atoms with E-state index < -0.39 is 0 Å². The molecule has 1 fully saturated rings. The highest BCUT2D eigenvalue weighted by Gasteiger charge is 2.32. The van der Waals surface area contributed by atoms with Gasteiger partial charge >= 0.3 is 0 Å². The number of rotatable bonds is 6. The zero-order valence-corrected chi connectivity index (χ0v) is 12.0. The molecule has 5 heteroatoms. The van der Waals surface area contributed by atoms with Crippen LogP contribution in [0.3, 0.4) is 0 Å². The molecule has 1 aromatic carbocycles. The summed E-state index contributed by atoms with van der Waals surface area (Å²) in [6.45, 7) is 1.50. The van der Waals surface area contributed by atoms with Crippen molar-refractivity contribution in [2.24, 2.45) is 0 Å². The van der Waals surface area contributed by atoms with Crippen molar-refractivity contribution < 1.29 is 4.92 Å². The number of hydrogen-bond acceptors (Lipinski definition) is 4. The van der Waals surface area contributed by atoms with Gasteiger partial charge < -0.3 is 5.32 Å². The Morgan fingerprint density at radius 1 is 1.37 bits per heavy atom. The van der Waals surface area contributed by atoms with E-state index in [1.165, 1.54) is 25.7 Å². The van der Waals surface area contributed by atoms with Gasteiger partial charge in [-0.15, -0.1) is 0 Å². The Morgan fingerprint density at radius 2 is 2.05 bits per heavy atom. The Balaban J connectivity index is 1.94. The highest BCUT2D eigenvalue weighted by molar-refractivity contribution is 8.00. The minimum atomic E-state index is -0.309. The third kappa shape index (κ3) is 3.48. The average molecular weight is 280 g/mol. The Morgan fingerprint density at radius 3 is 2.68 bits per heavy atom. The van der Waals surface area contributed by atoms with E-state index >= 15 is 0 Å². The van der Waals surface area contributed by atoms with Gasteiger partial charge in [0.25, 0.3) is 5.69 Å². The van der Waals surface area contributed by atoms with Gasteiger partial charge in [0, 0.05) is 29.5 Å². The lowest BCUT2D eigenvalue weighted by atomic mass is 10.1. The molecule has 1 aromatic rings. The fraction of sp³-hybridized carbons (Fsp3) is 0.571. The van der Waals surface area contributed by atoms with Crippen molar-refractivity contribution in [1.29, 1.82) is 0 Å². The highest BCUT2D eigenvalue weighted by Crippen LogP contribution is 2.39. The quantitative estimate of drug-likeness (QED) is 0.641. The molecule has 0 spiro atoms. The SMILES string of the molecule is CSC1(CNCc2ccccc2[N+](=O)[O-])CCCC1. The standard InChI is InChI=1S/C14H20N2O2S/c1-19-14(8-4-5-9-14)11-15-10-12-6-2-3-7-13(12)16(17)18/h2-3,6-7,15H,4-5,8-11H2,1H3. The summed E-state index contributed by atoms with van der Waals surface area (Å²) in [5, 5.41) is 14.3. The lowest BCUT2D eigenvalue weighted by Gasteiger charge is -2.27. The summed E-state index contributed by atoms with van der Waals surface area (Å²) in [4.78, 5) is 10.6. The lowest BCUT2D eigenvalue weighted by molar-refractivity contribution is -0.385. The number of para-hydroxylation sites is 1. The summed E-state index contributed by atoms with van der Waals surface area (Å²) >= 11 is 1.93. The second kappa shape index (κ2) is 6.39. The molecule has 0 unspecified atom stereocenters. The monoisotopic (exact) mass is 280 g/mol. The molecule has 0 atom stereocenters. The molecule has 0 aliphatic heterocycles. The van der Waals surface area contributed by atoms with Gasteiger partial charge in [-0.2, -0.15) is 11.8 Å². The molecule has 0 radical (unpaired) electrons. The van der Waals surface area contributed by atoms with Crippen molar-refractivity contribution in [3.8, 4) is 0 Å². The largest absolute Gasteiger partial charge is 0.311 e. The van der Waals surface area contributed by atoms with E-state index in [1.54, 1.807) is 12.1 Å². The number of nitrogens with one attached hydrogen (secondary N) is 1. The van der Waals surface area contributed by atoms with Crippen molar-refractivity contribution >= 4 is 17.4 Å². The van der Waals surface area contributed by atoms with Crippen LogP contribution in [0.15, 0.2) is 24.3 Å². The average Bonchev–Trinajstić information content (AvgIpc) is 2.88. The zero-order chi connectivity index (χ0) is 13.7. The van der Waals surface area contributed by atoms with Crippen LogP contribution >= 0.6 is 11.8 Å². The fourth-order valence-electron chi connectivity index (χ4n) is 2.74. The van der Waals surface area contributed by atoms with Gasteiger partial charge in [0.05, 0.1) is 4.92 Å². The van der Waals surface area contributed by atoms with Crippen molar-refractivity contribution in [3.63, 3.8) is 0 Å². The molecule has 1 aliphatic rings. The predicted molar refractivity (Wildman–Crippen MR) is 79.5 cm³/mol. The fourth-order valence-corrected chi connectivity index (χ4v) is 3.68. The van der Waals surface area contributed by atoms with E-state index in [-0.39, 0.29) is 10.6 Å². The molecule has 0 bridgehead atoms. The van der Waals surface area contributed by atoms with Crippen molar-refractivity contribution in [2.75, 3.05) is 12.8 Å². The van der Waals surface area contributed by atoms with Crippen molar-refractivity contribution in [1.82, 2.24) is 5.32 Å². The van der Waals surface area contributed by atoms with Gasteiger partial charge in [0.15, 0.2) is 0 Å². The summed E-state index contributed by atoms with van der Waals surface area (Å²) in [5.74, 6) is 0. The van der Waals surface area contributed by atoms with Crippen LogP contribution in [0.4, 0.5) is 5.69 Å². The van der Waals surface area contributed by atoms with Crippen LogP contribution in [-0.4, -0.2) is 22.5 Å². The Bertz CT molecular complexity index is 445. The smallest absolute Gasteiger partial charge is 0.273 e. The molecule has 0 aromatic heterocycles. The van der Waals surface area contributed by atoms with E-state index in [9.17, 15) is 10.1 Å². The number of thioether (sulfide) groups is 1. The molecule has 0 amide bonds. The number of nitro groups is 1. The molecule has 19 heavy (non-hydrogen) atoms. The molecule has 0 heterocycles. The van der Waals surface area contributed by atoms with Crippen molar-refractivity contribution in [3.05, 3.63) is 39.9 Å². The van der Waals surface area contributed by atoms with E-state index in [0.717, 1.165) is 12.1 Å². The molecule has 0 saturated heterocycles. The summed E-state index contributed by atoms with van der Waals surface area (Å²) in [5.41, 5.74) is 0.973. The first kappa shape index (κ1) is 14.3. The van der Waals surface area contributed by atoms with Gasteiger partial charge in [0.1, 0.15) is 0 Å². The number of hydrogen-bond donors (Lipinski definition) is 1. The van der Waals surface area contributed by atoms with Crippen LogP contribution in [0.1, 0.15) is 31.2 Å². The molecule has 1 N–H and O–H groups in total. The van der Waals surface area contributed by atoms with Gasteiger partial charge in [-0.3, -0.25) is 10.1 Å². The van der Waals surface area contributed by atoms with E-state index in [2.05, 4.69) is 11.6 Å². The molecule has 1 aliphatic carbocycles. The first-order valence-corrected chi connectivity index (χ1v) is 7.87. The normalized spacial score (nSPS) is 17.5. The lowest BCUT2D eigenvalue weighted by Crippen LogP contribution is -2.34. The second-order valence-corrected chi connectivity index (χ2v) is 6.36. The molecule has 2 rings (SSSR count). The summed E-state index contributed by atoms with van der Waals surface area (Å²) < 4.78 is 0.337. The third-order valence-electron chi connectivity index (χ3n) is 3.90. The number of benzene rings is 1. The maximum Gasteiger partial charge on any atom is 0.273 e. The van der Waals surface area contributed by atoms with E-state index in [1.807, 2.05) is 23.9 Å². The van der Waals surface area contributed by atoms with Crippen LogP contribution in [0.2, 0.25) is 0 Å². The first-order valence-electron chi connectivity index (χ1n) is 6.65. The van der Waals surface area contributed by atoms with Crippen LogP contribution in [-0.2, 0) is 6.54 Å². The molecular weight excluding hydrogens is 260 g/mol. The minimum Gasteiger partial charge on any atom is -0.311 e. The van der Waals surface area contributed by atoms with Gasteiger partial charge in [-0.1, -0.05) is 31.0 Å². The van der Waals surface area contributed by atoms with Gasteiger partial charge in [0.2, 0.25) is 0 Å². The van der Waals surface area contributed by atoms with Crippen LogP contribution in [0.25, 0.3) is 0 Å². The van der Waals surface area contributed by atoms with E-state index in [4.69, 9.17) is 0 Å². The molecular formula is C14H20N2O2S. The Labute approximate surface area is 118 Å². The Hall–Kier alpha value is -1.07. The number of nitro benzene ring substituents is 1. The van der Waals surface area contributed by atoms with Gasteiger partial charge in [-0.05, 0) is 19.1 Å². The Kier molecular flexibility index (Phi) is 4.82. The molecule has 1 saturated carbocycles. The number of nitrogens with zero attached hydrogens (tertiary/aromatic N) is 1.